The lowest BCUT2D eigenvalue weighted by atomic mass is 10.0. The van der Waals surface area contributed by atoms with E-state index in [1.807, 2.05) is 48.5 Å². The number of benzene rings is 3. The van der Waals surface area contributed by atoms with Crippen LogP contribution in [0.2, 0.25) is 0 Å². The molecule has 2 aromatic heterocycles. The van der Waals surface area contributed by atoms with Gasteiger partial charge in [-0.25, -0.2) is 0 Å². The third kappa shape index (κ3) is 2.56. The molecular formula is C25H14N4. The van der Waals surface area contributed by atoms with E-state index in [4.69, 9.17) is 5.26 Å². The van der Waals surface area contributed by atoms with Gasteiger partial charge in [0.2, 0.25) is 0 Å². The van der Waals surface area contributed by atoms with E-state index in [0.717, 1.165) is 22.3 Å². The van der Waals surface area contributed by atoms with Crippen molar-refractivity contribution >= 4 is 21.8 Å². The van der Waals surface area contributed by atoms with E-state index in [0.29, 0.717) is 16.8 Å². The highest BCUT2D eigenvalue weighted by Gasteiger charge is 2.17. The zero-order valence-electron chi connectivity index (χ0n) is 15.4. The monoisotopic (exact) mass is 370 g/mol. The normalized spacial score (nSPS) is 10.7. The van der Waals surface area contributed by atoms with Crippen LogP contribution in [0.5, 0.6) is 0 Å². The molecule has 0 saturated heterocycles. The van der Waals surface area contributed by atoms with Crippen molar-refractivity contribution in [2.24, 2.45) is 0 Å². The predicted molar refractivity (Wildman–Crippen MR) is 113 cm³/mol. The maximum atomic E-state index is 9.66. The number of para-hydroxylation sites is 3. The van der Waals surface area contributed by atoms with Crippen LogP contribution in [0.3, 0.4) is 0 Å². The Morgan fingerprint density at radius 1 is 0.724 bits per heavy atom. The standard InChI is InChI=1S/C25H14N4/c26-14-17-13-18(15-27)25(28-16-17)21-9-3-6-12-24(21)29-22-10-4-1-7-19(22)20-8-2-5-11-23(20)29/h1-13,16H. The third-order valence-electron chi connectivity index (χ3n) is 5.12. The van der Waals surface area contributed by atoms with Gasteiger partial charge in [0.25, 0.3) is 0 Å². The quantitative estimate of drug-likeness (QED) is 0.407. The summed E-state index contributed by atoms with van der Waals surface area (Å²) in [6.45, 7) is 0. The molecule has 134 valence electrons. The fourth-order valence-electron chi connectivity index (χ4n) is 3.88. The van der Waals surface area contributed by atoms with E-state index in [-0.39, 0.29) is 0 Å². The average Bonchev–Trinajstić information content (AvgIpc) is 3.13. The minimum atomic E-state index is 0.375. The molecule has 0 spiro atoms. The van der Waals surface area contributed by atoms with Gasteiger partial charge in [0.05, 0.1) is 33.5 Å². The third-order valence-corrected chi connectivity index (χ3v) is 5.12. The molecule has 0 unspecified atom stereocenters. The first-order chi connectivity index (χ1) is 14.3. The van der Waals surface area contributed by atoms with E-state index in [1.165, 1.54) is 17.0 Å². The molecule has 0 aliphatic carbocycles. The Morgan fingerprint density at radius 2 is 1.34 bits per heavy atom. The highest BCUT2D eigenvalue weighted by molar-refractivity contribution is 6.09. The fourth-order valence-corrected chi connectivity index (χ4v) is 3.88. The predicted octanol–water partition coefficient (Wildman–Crippen LogP) is 5.59. The van der Waals surface area contributed by atoms with Gasteiger partial charge in [0, 0.05) is 22.5 Å². The van der Waals surface area contributed by atoms with Crippen LogP contribution in [0.4, 0.5) is 0 Å². The summed E-state index contributed by atoms with van der Waals surface area (Å²) in [6.07, 6.45) is 1.51. The molecule has 29 heavy (non-hydrogen) atoms. The summed E-state index contributed by atoms with van der Waals surface area (Å²) >= 11 is 0. The molecule has 0 aliphatic rings. The number of rotatable bonds is 2. The number of nitriles is 2. The van der Waals surface area contributed by atoms with Crippen molar-refractivity contribution in [1.29, 1.82) is 10.5 Å². The summed E-state index contributed by atoms with van der Waals surface area (Å²) in [6, 6.07) is 30.3. The topological polar surface area (TPSA) is 65.4 Å². The van der Waals surface area contributed by atoms with Gasteiger partial charge in [0.1, 0.15) is 12.1 Å². The van der Waals surface area contributed by atoms with Gasteiger partial charge < -0.3 is 4.57 Å². The van der Waals surface area contributed by atoms with E-state index in [1.54, 1.807) is 6.07 Å². The summed E-state index contributed by atoms with van der Waals surface area (Å²) in [5, 5.41) is 21.2. The molecule has 0 fully saturated rings. The second-order valence-electron chi connectivity index (χ2n) is 6.73. The smallest absolute Gasteiger partial charge is 0.101 e. The van der Waals surface area contributed by atoms with Crippen molar-refractivity contribution in [2.75, 3.05) is 0 Å². The van der Waals surface area contributed by atoms with Gasteiger partial charge >= 0.3 is 0 Å². The van der Waals surface area contributed by atoms with Crippen LogP contribution in [0.25, 0.3) is 38.8 Å². The Labute approximate surface area is 167 Å². The number of fused-ring (bicyclic) bond motifs is 3. The molecule has 0 N–H and O–H groups in total. The maximum Gasteiger partial charge on any atom is 0.101 e. The molecule has 0 aliphatic heterocycles. The van der Waals surface area contributed by atoms with Crippen molar-refractivity contribution < 1.29 is 0 Å². The average molecular weight is 370 g/mol. The zero-order chi connectivity index (χ0) is 19.8. The summed E-state index contributed by atoms with van der Waals surface area (Å²) in [5.74, 6) is 0. The molecule has 5 rings (SSSR count). The Hall–Kier alpha value is -4.41. The molecule has 2 heterocycles. The summed E-state index contributed by atoms with van der Waals surface area (Å²) < 4.78 is 2.21. The lowest BCUT2D eigenvalue weighted by Gasteiger charge is -2.14. The lowest BCUT2D eigenvalue weighted by Crippen LogP contribution is -1.99. The lowest BCUT2D eigenvalue weighted by molar-refractivity contribution is 1.17. The van der Waals surface area contributed by atoms with E-state index in [9.17, 15) is 5.26 Å². The summed E-state index contributed by atoms with van der Waals surface area (Å²) in [4.78, 5) is 4.46. The summed E-state index contributed by atoms with van der Waals surface area (Å²) in [7, 11) is 0. The van der Waals surface area contributed by atoms with Gasteiger partial charge in [-0.2, -0.15) is 10.5 Å². The highest BCUT2D eigenvalue weighted by Crippen LogP contribution is 2.36. The maximum absolute atomic E-state index is 9.66. The van der Waals surface area contributed by atoms with Crippen molar-refractivity contribution in [2.45, 2.75) is 0 Å². The highest BCUT2D eigenvalue weighted by atomic mass is 15.0. The molecule has 3 aromatic carbocycles. The van der Waals surface area contributed by atoms with Crippen molar-refractivity contribution in [1.82, 2.24) is 9.55 Å². The van der Waals surface area contributed by atoms with Crippen LogP contribution in [-0.4, -0.2) is 9.55 Å². The second-order valence-corrected chi connectivity index (χ2v) is 6.73. The van der Waals surface area contributed by atoms with E-state index >= 15 is 0 Å². The van der Waals surface area contributed by atoms with Gasteiger partial charge in [-0.1, -0.05) is 54.6 Å². The fraction of sp³-hybridized carbons (Fsp3) is 0. The molecule has 0 amide bonds. The number of nitrogens with zero attached hydrogens (tertiary/aromatic N) is 4. The van der Waals surface area contributed by atoms with Crippen LogP contribution in [0.15, 0.2) is 85.1 Å². The SMILES string of the molecule is N#Cc1cnc(-c2ccccc2-n2c3ccccc3c3ccccc32)c(C#N)c1. The van der Waals surface area contributed by atoms with Gasteiger partial charge in [0.15, 0.2) is 0 Å². The Bertz CT molecular complexity index is 1430. The molecule has 4 heteroatoms. The molecule has 0 radical (unpaired) electrons. The van der Waals surface area contributed by atoms with Crippen LogP contribution >= 0.6 is 0 Å². The minimum absolute atomic E-state index is 0.375. The molecule has 4 nitrogen and oxygen atoms in total. The molecule has 0 bridgehead atoms. The van der Waals surface area contributed by atoms with Crippen LogP contribution in [-0.2, 0) is 0 Å². The zero-order valence-corrected chi connectivity index (χ0v) is 15.4. The van der Waals surface area contributed by atoms with Crippen LogP contribution in [0, 0.1) is 22.7 Å². The van der Waals surface area contributed by atoms with Crippen molar-refractivity contribution in [3.63, 3.8) is 0 Å². The number of hydrogen-bond acceptors (Lipinski definition) is 3. The Morgan fingerprint density at radius 3 is 2.00 bits per heavy atom. The number of pyridine rings is 1. The minimum Gasteiger partial charge on any atom is -0.309 e. The van der Waals surface area contributed by atoms with E-state index < -0.39 is 0 Å². The van der Waals surface area contributed by atoms with Crippen molar-refractivity contribution in [3.05, 3.63) is 96.2 Å². The van der Waals surface area contributed by atoms with Crippen LogP contribution < -0.4 is 0 Å². The first kappa shape index (κ1) is 16.7. The first-order valence-electron chi connectivity index (χ1n) is 9.20. The number of aromatic nitrogens is 2. The van der Waals surface area contributed by atoms with Gasteiger partial charge in [-0.05, 0) is 24.3 Å². The second kappa shape index (κ2) is 6.64. The van der Waals surface area contributed by atoms with E-state index in [2.05, 4.69) is 46.0 Å². The summed E-state index contributed by atoms with van der Waals surface area (Å²) in [5.41, 5.74) is 5.31. The van der Waals surface area contributed by atoms with Gasteiger partial charge in [-0.15, -0.1) is 0 Å². The molecule has 0 saturated carbocycles. The first-order valence-corrected chi connectivity index (χ1v) is 9.20. The van der Waals surface area contributed by atoms with Crippen LogP contribution in [0.1, 0.15) is 11.1 Å². The Balaban J connectivity index is 1.88. The van der Waals surface area contributed by atoms with Crippen molar-refractivity contribution in [3.8, 4) is 29.1 Å². The number of hydrogen-bond donors (Lipinski definition) is 0. The molecular weight excluding hydrogens is 356 g/mol. The molecule has 0 atom stereocenters. The largest absolute Gasteiger partial charge is 0.309 e. The molecule has 5 aromatic rings. The Kier molecular flexibility index (Phi) is 3.83. The van der Waals surface area contributed by atoms with Gasteiger partial charge in [-0.3, -0.25) is 4.98 Å².